The van der Waals surface area contributed by atoms with Crippen LogP contribution in [0.4, 0.5) is 0 Å². The molecule has 7 heteroatoms. The molecule has 1 N–H and O–H groups in total. The molecular formula is C20H28N4O3. The van der Waals surface area contributed by atoms with E-state index in [0.717, 1.165) is 37.4 Å². The maximum absolute atomic E-state index is 12.5. The van der Waals surface area contributed by atoms with Crippen LogP contribution in [0.2, 0.25) is 0 Å². The first-order chi connectivity index (χ1) is 13.0. The van der Waals surface area contributed by atoms with Crippen LogP contribution in [-0.2, 0) is 4.79 Å². The molecule has 1 aromatic carbocycles. The molecule has 7 nitrogen and oxygen atoms in total. The summed E-state index contributed by atoms with van der Waals surface area (Å²) in [4.78, 5) is 16.5. The molecule has 1 saturated heterocycles. The number of nitrogens with one attached hydrogen (secondary N) is 1. The number of ether oxygens (including phenoxy) is 2. The maximum Gasteiger partial charge on any atom is 0.265 e. The smallest absolute Gasteiger partial charge is 0.265 e. The number of likely N-dealkylation sites (N-methyl/N-ethyl adjacent to an activating group) is 1. The van der Waals surface area contributed by atoms with E-state index in [-0.39, 0.29) is 17.5 Å². The highest BCUT2D eigenvalue weighted by molar-refractivity contribution is 5.97. The van der Waals surface area contributed by atoms with E-state index in [4.69, 9.17) is 9.47 Å². The predicted octanol–water partition coefficient (Wildman–Crippen LogP) is 1.62. The van der Waals surface area contributed by atoms with Gasteiger partial charge in [0.1, 0.15) is 29.7 Å². The van der Waals surface area contributed by atoms with Crippen molar-refractivity contribution in [1.29, 1.82) is 5.26 Å². The molecule has 1 aromatic rings. The molecule has 27 heavy (non-hydrogen) atoms. The molecule has 1 fully saturated rings. The van der Waals surface area contributed by atoms with Crippen molar-refractivity contribution in [1.82, 2.24) is 15.1 Å². The van der Waals surface area contributed by atoms with Crippen LogP contribution in [0, 0.1) is 11.3 Å². The molecule has 0 atom stereocenters. The van der Waals surface area contributed by atoms with E-state index in [0.29, 0.717) is 13.2 Å². The van der Waals surface area contributed by atoms with E-state index < -0.39 is 0 Å². The van der Waals surface area contributed by atoms with E-state index >= 15 is 0 Å². The van der Waals surface area contributed by atoms with Crippen LogP contribution in [0.15, 0.2) is 36.0 Å². The van der Waals surface area contributed by atoms with Crippen molar-refractivity contribution < 1.29 is 14.3 Å². The molecule has 1 amide bonds. The zero-order chi connectivity index (χ0) is 19.6. The molecule has 1 aliphatic rings. The third-order valence-corrected chi connectivity index (χ3v) is 4.73. The Balaban J connectivity index is 1.77. The second-order valence-corrected chi connectivity index (χ2v) is 6.60. The Hall–Kier alpha value is -2.72. The summed E-state index contributed by atoms with van der Waals surface area (Å²) in [6.07, 6.45) is 3.34. The van der Waals surface area contributed by atoms with Crippen molar-refractivity contribution in [2.45, 2.75) is 18.9 Å². The molecule has 0 bridgehead atoms. The molecule has 1 heterocycles. The normalized spacial score (nSPS) is 15.7. The summed E-state index contributed by atoms with van der Waals surface area (Å²) in [6, 6.07) is 9.49. The minimum atomic E-state index is -0.240. The lowest BCUT2D eigenvalue weighted by atomic mass is 10.0. The van der Waals surface area contributed by atoms with Crippen molar-refractivity contribution in [3.05, 3.63) is 36.0 Å². The number of benzene rings is 1. The van der Waals surface area contributed by atoms with Crippen LogP contribution < -0.4 is 14.8 Å². The summed E-state index contributed by atoms with van der Waals surface area (Å²) >= 11 is 0. The standard InChI is InChI=1S/C20H28N4O3/c1-23-11-8-17(9-12-23)24(2)20(25)16(14-21)15-22-10-13-27-19-6-4-18(26-3)5-7-19/h4-7,15,17,22H,8-13H2,1-3H3/b16-15-. The van der Waals surface area contributed by atoms with Gasteiger partial charge in [0.05, 0.1) is 7.11 Å². The lowest BCUT2D eigenvalue weighted by molar-refractivity contribution is -0.128. The predicted molar refractivity (Wildman–Crippen MR) is 103 cm³/mol. The topological polar surface area (TPSA) is 77.8 Å². The summed E-state index contributed by atoms with van der Waals surface area (Å²) < 4.78 is 10.7. The first-order valence-electron chi connectivity index (χ1n) is 9.11. The molecule has 146 valence electrons. The molecule has 0 aliphatic carbocycles. The van der Waals surface area contributed by atoms with Gasteiger partial charge in [-0.15, -0.1) is 0 Å². The largest absolute Gasteiger partial charge is 0.497 e. The Morgan fingerprint density at radius 3 is 2.56 bits per heavy atom. The fourth-order valence-electron chi connectivity index (χ4n) is 2.95. The molecule has 0 unspecified atom stereocenters. The highest BCUT2D eigenvalue weighted by atomic mass is 16.5. The molecule has 2 rings (SSSR count). The lowest BCUT2D eigenvalue weighted by Gasteiger charge is -2.34. The fourth-order valence-corrected chi connectivity index (χ4v) is 2.95. The fraction of sp³-hybridized carbons (Fsp3) is 0.500. The summed E-state index contributed by atoms with van der Waals surface area (Å²) in [5, 5.41) is 12.3. The number of methoxy groups -OCH3 is 1. The molecule has 1 aliphatic heterocycles. The van der Waals surface area contributed by atoms with Gasteiger partial charge in [0, 0.05) is 25.8 Å². The number of nitrogens with zero attached hydrogens (tertiary/aromatic N) is 3. The van der Waals surface area contributed by atoms with E-state index in [1.807, 2.05) is 30.3 Å². The van der Waals surface area contributed by atoms with E-state index in [1.54, 1.807) is 19.1 Å². The average molecular weight is 372 g/mol. The highest BCUT2D eigenvalue weighted by Gasteiger charge is 2.25. The first-order valence-corrected chi connectivity index (χ1v) is 9.11. The van der Waals surface area contributed by atoms with Gasteiger partial charge in [-0.05, 0) is 57.2 Å². The molecule has 0 saturated carbocycles. The van der Waals surface area contributed by atoms with Gasteiger partial charge in [-0.2, -0.15) is 5.26 Å². The summed E-state index contributed by atoms with van der Waals surface area (Å²) in [7, 11) is 5.47. The molecular weight excluding hydrogens is 344 g/mol. The lowest BCUT2D eigenvalue weighted by Crippen LogP contribution is -2.45. The van der Waals surface area contributed by atoms with Gasteiger partial charge in [-0.3, -0.25) is 4.79 Å². The monoisotopic (exact) mass is 372 g/mol. The van der Waals surface area contributed by atoms with Crippen molar-refractivity contribution in [3.63, 3.8) is 0 Å². The molecule has 0 spiro atoms. The number of hydrogen-bond acceptors (Lipinski definition) is 6. The van der Waals surface area contributed by atoms with Crippen LogP contribution in [0.25, 0.3) is 0 Å². The van der Waals surface area contributed by atoms with Crippen LogP contribution in [0.1, 0.15) is 12.8 Å². The number of nitriles is 1. The Bertz CT molecular complexity index is 673. The van der Waals surface area contributed by atoms with E-state index in [9.17, 15) is 10.1 Å². The van der Waals surface area contributed by atoms with Crippen LogP contribution >= 0.6 is 0 Å². The van der Waals surface area contributed by atoms with Gasteiger partial charge in [-0.25, -0.2) is 0 Å². The Kier molecular flexibility index (Phi) is 7.96. The van der Waals surface area contributed by atoms with Crippen molar-refractivity contribution in [2.24, 2.45) is 0 Å². The minimum absolute atomic E-state index is 0.112. The summed E-state index contributed by atoms with van der Waals surface area (Å²) in [5.41, 5.74) is 0.112. The SMILES string of the molecule is COc1ccc(OCCN/C=C(/C#N)C(=O)N(C)C2CCN(C)CC2)cc1. The quantitative estimate of drug-likeness (QED) is 0.424. The maximum atomic E-state index is 12.5. The number of piperidine rings is 1. The van der Waals surface area contributed by atoms with Gasteiger partial charge in [0.25, 0.3) is 5.91 Å². The van der Waals surface area contributed by atoms with Crippen molar-refractivity contribution in [3.8, 4) is 17.6 Å². The van der Waals surface area contributed by atoms with Gasteiger partial charge in [0.15, 0.2) is 0 Å². The third-order valence-electron chi connectivity index (χ3n) is 4.73. The van der Waals surface area contributed by atoms with Crippen LogP contribution in [0.3, 0.4) is 0 Å². The van der Waals surface area contributed by atoms with Gasteiger partial charge >= 0.3 is 0 Å². The van der Waals surface area contributed by atoms with Crippen LogP contribution in [0.5, 0.6) is 11.5 Å². The number of carbonyl (C=O) groups excluding carboxylic acids is 1. The highest BCUT2D eigenvalue weighted by Crippen LogP contribution is 2.17. The summed E-state index contributed by atoms with van der Waals surface area (Å²) in [6.45, 7) is 2.84. The number of amides is 1. The Labute approximate surface area is 161 Å². The average Bonchev–Trinajstić information content (AvgIpc) is 2.70. The number of likely N-dealkylation sites (tertiary alicyclic amines) is 1. The van der Waals surface area contributed by atoms with Crippen molar-refractivity contribution in [2.75, 3.05) is 47.4 Å². The molecule has 0 aromatic heterocycles. The van der Waals surface area contributed by atoms with E-state index in [2.05, 4.69) is 17.3 Å². The van der Waals surface area contributed by atoms with Crippen LogP contribution in [-0.4, -0.2) is 69.2 Å². The second-order valence-electron chi connectivity index (χ2n) is 6.60. The second kappa shape index (κ2) is 10.4. The molecule has 0 radical (unpaired) electrons. The zero-order valence-electron chi connectivity index (χ0n) is 16.3. The number of carbonyl (C=O) groups is 1. The number of rotatable bonds is 8. The minimum Gasteiger partial charge on any atom is -0.497 e. The first kappa shape index (κ1) is 20.6. The third kappa shape index (κ3) is 6.19. The van der Waals surface area contributed by atoms with E-state index in [1.165, 1.54) is 6.20 Å². The Morgan fingerprint density at radius 2 is 1.96 bits per heavy atom. The van der Waals surface area contributed by atoms with Crippen molar-refractivity contribution >= 4 is 5.91 Å². The number of hydrogen-bond donors (Lipinski definition) is 1. The van der Waals surface area contributed by atoms with Gasteiger partial charge < -0.3 is 24.6 Å². The zero-order valence-corrected chi connectivity index (χ0v) is 16.3. The summed E-state index contributed by atoms with van der Waals surface area (Å²) in [5.74, 6) is 1.27. The van der Waals surface area contributed by atoms with Gasteiger partial charge in [0.2, 0.25) is 0 Å². The Morgan fingerprint density at radius 1 is 1.33 bits per heavy atom. The van der Waals surface area contributed by atoms with Gasteiger partial charge in [-0.1, -0.05) is 0 Å².